The van der Waals surface area contributed by atoms with Crippen molar-refractivity contribution in [2.45, 2.75) is 12.6 Å². The Labute approximate surface area is 126 Å². The molecule has 0 spiro atoms. The smallest absolute Gasteiger partial charge is 0.416 e. The summed E-state index contributed by atoms with van der Waals surface area (Å²) in [4.78, 5) is 15.6. The van der Waals surface area contributed by atoms with Crippen LogP contribution >= 0.6 is 15.9 Å². The molecule has 0 aliphatic carbocycles. The van der Waals surface area contributed by atoms with Crippen LogP contribution < -0.4 is 4.74 Å². The number of rotatable bonds is 3. The zero-order chi connectivity index (χ0) is 15.5. The number of hydrogen-bond donors (Lipinski definition) is 0. The Morgan fingerprint density at radius 2 is 1.86 bits per heavy atom. The fourth-order valence-electron chi connectivity index (χ4n) is 1.58. The molecule has 21 heavy (non-hydrogen) atoms. The normalized spacial score (nSPS) is 11.2. The number of carbonyl (C=O) groups is 1. The second-order valence-corrected chi connectivity index (χ2v) is 4.89. The quantitative estimate of drug-likeness (QED) is 0.613. The molecular weight excluding hydrogens is 351 g/mol. The Morgan fingerprint density at radius 3 is 2.43 bits per heavy atom. The molecule has 0 atom stereocenters. The van der Waals surface area contributed by atoms with Crippen LogP contribution in [0.5, 0.6) is 5.75 Å². The number of aromatic nitrogens is 1. The first-order chi connectivity index (χ1) is 9.86. The molecule has 7 heteroatoms. The summed E-state index contributed by atoms with van der Waals surface area (Å²) in [6, 6.07) is 7.53. The Morgan fingerprint density at radius 1 is 1.19 bits per heavy atom. The molecule has 0 fully saturated rings. The molecule has 0 saturated carbocycles. The van der Waals surface area contributed by atoms with E-state index in [9.17, 15) is 18.0 Å². The Kier molecular flexibility index (Phi) is 4.62. The van der Waals surface area contributed by atoms with Gasteiger partial charge in [-0.25, -0.2) is 4.98 Å². The second kappa shape index (κ2) is 6.26. The van der Waals surface area contributed by atoms with Gasteiger partial charge in [0.15, 0.2) is 5.75 Å². The summed E-state index contributed by atoms with van der Waals surface area (Å²) < 4.78 is 42.7. The van der Waals surface area contributed by atoms with Crippen LogP contribution in [0, 0.1) is 0 Å². The van der Waals surface area contributed by atoms with E-state index in [1.54, 1.807) is 12.1 Å². The summed E-state index contributed by atoms with van der Waals surface area (Å²) in [5, 5.41) is 0. The lowest BCUT2D eigenvalue weighted by Gasteiger charge is -2.08. The summed E-state index contributed by atoms with van der Waals surface area (Å²) >= 11 is 3.13. The molecule has 1 aromatic heterocycles. The molecule has 0 unspecified atom stereocenters. The van der Waals surface area contributed by atoms with E-state index in [1.165, 1.54) is 18.3 Å². The summed E-state index contributed by atoms with van der Waals surface area (Å²) in [5.41, 5.74) is -0.317. The molecule has 0 aliphatic rings. The Bertz CT molecular complexity index is 641. The summed E-state index contributed by atoms with van der Waals surface area (Å²) in [7, 11) is 0. The molecule has 1 heterocycles. The number of ether oxygens (including phenoxy) is 1. The van der Waals surface area contributed by atoms with Crippen molar-refractivity contribution in [3.63, 3.8) is 0 Å². The van der Waals surface area contributed by atoms with E-state index in [1.807, 2.05) is 0 Å². The van der Waals surface area contributed by atoms with Gasteiger partial charge in [-0.3, -0.25) is 4.79 Å². The van der Waals surface area contributed by atoms with Crippen molar-refractivity contribution in [1.29, 1.82) is 0 Å². The monoisotopic (exact) mass is 359 g/mol. The van der Waals surface area contributed by atoms with Crippen molar-refractivity contribution in [3.8, 4) is 5.75 Å². The van der Waals surface area contributed by atoms with Crippen molar-refractivity contribution in [1.82, 2.24) is 4.98 Å². The van der Waals surface area contributed by atoms with Crippen LogP contribution in [0.15, 0.2) is 47.2 Å². The highest BCUT2D eigenvalue weighted by atomic mass is 79.9. The molecule has 2 aromatic rings. The first kappa shape index (κ1) is 15.5. The first-order valence-corrected chi connectivity index (χ1v) is 6.63. The number of nitrogens with zero attached hydrogens (tertiary/aromatic N) is 1. The van der Waals surface area contributed by atoms with Crippen LogP contribution in [0.1, 0.15) is 11.1 Å². The van der Waals surface area contributed by atoms with Gasteiger partial charge in [0.25, 0.3) is 0 Å². The average Bonchev–Trinajstić information content (AvgIpc) is 2.41. The third-order valence-corrected chi connectivity index (χ3v) is 3.17. The molecule has 0 N–H and O–H groups in total. The largest absolute Gasteiger partial charge is 0.423 e. The van der Waals surface area contributed by atoms with Gasteiger partial charge in [-0.15, -0.1) is 0 Å². The zero-order valence-corrected chi connectivity index (χ0v) is 12.1. The standard InChI is InChI=1S/C14H9BrF3NO2/c15-13-11(2-1-7-19-13)21-12(20)8-9-3-5-10(6-4-9)14(16,17)18/h1-7H,8H2. The molecule has 110 valence electrons. The van der Waals surface area contributed by atoms with Gasteiger partial charge in [-0.05, 0) is 45.8 Å². The van der Waals surface area contributed by atoms with Gasteiger partial charge in [0, 0.05) is 6.20 Å². The molecule has 1 aromatic carbocycles. The van der Waals surface area contributed by atoms with Gasteiger partial charge < -0.3 is 4.74 Å². The topological polar surface area (TPSA) is 39.2 Å². The molecule has 2 rings (SSSR count). The van der Waals surface area contributed by atoms with E-state index in [4.69, 9.17) is 4.74 Å². The number of alkyl halides is 3. The molecule has 0 saturated heterocycles. The number of hydrogen-bond acceptors (Lipinski definition) is 3. The van der Waals surface area contributed by atoms with E-state index in [-0.39, 0.29) is 12.2 Å². The Balaban J connectivity index is 2.02. The van der Waals surface area contributed by atoms with Gasteiger partial charge in [-0.2, -0.15) is 13.2 Å². The molecular formula is C14H9BrF3NO2. The minimum Gasteiger partial charge on any atom is -0.423 e. The van der Waals surface area contributed by atoms with Crippen LogP contribution in [0.3, 0.4) is 0 Å². The van der Waals surface area contributed by atoms with Crippen molar-refractivity contribution < 1.29 is 22.7 Å². The minimum absolute atomic E-state index is 0.126. The van der Waals surface area contributed by atoms with E-state index in [2.05, 4.69) is 20.9 Å². The molecule has 0 aliphatic heterocycles. The molecule has 0 bridgehead atoms. The van der Waals surface area contributed by atoms with Crippen LogP contribution in [0.2, 0.25) is 0 Å². The van der Waals surface area contributed by atoms with E-state index in [0.717, 1.165) is 12.1 Å². The van der Waals surface area contributed by atoms with Crippen molar-refractivity contribution in [3.05, 3.63) is 58.3 Å². The number of esters is 1. The highest BCUT2D eigenvalue weighted by molar-refractivity contribution is 9.10. The summed E-state index contributed by atoms with van der Waals surface area (Å²) in [6.45, 7) is 0. The predicted molar refractivity (Wildman–Crippen MR) is 72.7 cm³/mol. The lowest BCUT2D eigenvalue weighted by atomic mass is 10.1. The zero-order valence-electron chi connectivity index (χ0n) is 10.5. The van der Waals surface area contributed by atoms with Gasteiger partial charge >= 0.3 is 12.1 Å². The van der Waals surface area contributed by atoms with Crippen molar-refractivity contribution in [2.24, 2.45) is 0 Å². The van der Waals surface area contributed by atoms with E-state index in [0.29, 0.717) is 10.2 Å². The van der Waals surface area contributed by atoms with Crippen molar-refractivity contribution >= 4 is 21.9 Å². The van der Waals surface area contributed by atoms with E-state index < -0.39 is 17.7 Å². The van der Waals surface area contributed by atoms with Gasteiger partial charge in [0.1, 0.15) is 4.60 Å². The molecule has 3 nitrogen and oxygen atoms in total. The van der Waals surface area contributed by atoms with Crippen LogP contribution in [0.25, 0.3) is 0 Å². The Hall–Kier alpha value is -1.89. The van der Waals surface area contributed by atoms with Gasteiger partial charge in [0.2, 0.25) is 0 Å². The SMILES string of the molecule is O=C(Cc1ccc(C(F)(F)F)cc1)Oc1cccnc1Br. The fourth-order valence-corrected chi connectivity index (χ4v) is 1.92. The second-order valence-electron chi connectivity index (χ2n) is 4.14. The minimum atomic E-state index is -4.39. The third-order valence-electron chi connectivity index (χ3n) is 2.58. The maximum atomic E-state index is 12.4. The van der Waals surface area contributed by atoms with Gasteiger partial charge in [0.05, 0.1) is 12.0 Å². The van der Waals surface area contributed by atoms with Crippen molar-refractivity contribution in [2.75, 3.05) is 0 Å². The average molecular weight is 360 g/mol. The maximum Gasteiger partial charge on any atom is 0.416 e. The lowest BCUT2D eigenvalue weighted by Crippen LogP contribution is -2.12. The number of halogens is 4. The third kappa shape index (κ3) is 4.29. The van der Waals surface area contributed by atoms with Crippen LogP contribution in [0.4, 0.5) is 13.2 Å². The van der Waals surface area contributed by atoms with E-state index >= 15 is 0 Å². The fraction of sp³-hybridized carbons (Fsp3) is 0.143. The maximum absolute atomic E-state index is 12.4. The van der Waals surface area contributed by atoms with Crippen LogP contribution in [-0.2, 0) is 17.4 Å². The summed E-state index contributed by atoms with van der Waals surface area (Å²) in [6.07, 6.45) is -2.99. The number of benzene rings is 1. The number of pyridine rings is 1. The van der Waals surface area contributed by atoms with Gasteiger partial charge in [-0.1, -0.05) is 12.1 Å². The first-order valence-electron chi connectivity index (χ1n) is 5.83. The lowest BCUT2D eigenvalue weighted by molar-refractivity contribution is -0.137. The number of carbonyl (C=O) groups excluding carboxylic acids is 1. The summed E-state index contributed by atoms with van der Waals surface area (Å²) in [5.74, 6) is -0.321. The molecule has 0 amide bonds. The molecule has 0 radical (unpaired) electrons. The highest BCUT2D eigenvalue weighted by Crippen LogP contribution is 2.29. The highest BCUT2D eigenvalue weighted by Gasteiger charge is 2.30. The van der Waals surface area contributed by atoms with Crippen LogP contribution in [-0.4, -0.2) is 11.0 Å². The predicted octanol–water partition coefficient (Wildman–Crippen LogP) is 4.01.